The van der Waals surface area contributed by atoms with Crippen molar-refractivity contribution in [3.8, 4) is 0 Å². The number of nitrogens with zero attached hydrogens (tertiary/aromatic N) is 5. The van der Waals surface area contributed by atoms with Crippen molar-refractivity contribution in [3.63, 3.8) is 0 Å². The number of rotatable bonds is 5. The van der Waals surface area contributed by atoms with E-state index in [2.05, 4.69) is 25.4 Å². The zero-order valence-electron chi connectivity index (χ0n) is 17.4. The summed E-state index contributed by atoms with van der Waals surface area (Å²) in [5.74, 6) is 1.33. The molecule has 0 amide bonds. The van der Waals surface area contributed by atoms with Crippen LogP contribution >= 0.6 is 0 Å². The third-order valence-corrected chi connectivity index (χ3v) is 7.23. The number of aryl methyl sites for hydroxylation is 4. The van der Waals surface area contributed by atoms with Crippen LogP contribution in [0, 0.1) is 27.7 Å². The summed E-state index contributed by atoms with van der Waals surface area (Å²) >= 11 is 0. The number of hydrogen-bond donors (Lipinski definition) is 1. The summed E-state index contributed by atoms with van der Waals surface area (Å²) in [6, 6.07) is 7.05. The van der Waals surface area contributed by atoms with Crippen molar-refractivity contribution in [2.75, 3.05) is 11.9 Å². The lowest BCUT2D eigenvalue weighted by Crippen LogP contribution is -2.31. The number of anilines is 2. The van der Waals surface area contributed by atoms with Gasteiger partial charge in [-0.15, -0.1) is 0 Å². The van der Waals surface area contributed by atoms with Crippen LogP contribution in [0.2, 0.25) is 0 Å². The normalized spacial score (nSPS) is 17.4. The van der Waals surface area contributed by atoms with Crippen LogP contribution in [0.1, 0.15) is 47.4 Å². The van der Waals surface area contributed by atoms with Crippen LogP contribution in [-0.4, -0.2) is 39.4 Å². The van der Waals surface area contributed by atoms with Crippen molar-refractivity contribution in [1.29, 1.82) is 0 Å². The summed E-state index contributed by atoms with van der Waals surface area (Å²) < 4.78 is 33.3. The van der Waals surface area contributed by atoms with Gasteiger partial charge in [0.05, 0.1) is 11.7 Å². The van der Waals surface area contributed by atoms with Crippen molar-refractivity contribution in [3.05, 3.63) is 52.8 Å². The molecule has 0 saturated carbocycles. The molecule has 0 aliphatic carbocycles. The molecule has 4 heterocycles. The minimum Gasteiger partial charge on any atom is -0.360 e. The number of nitrogens with one attached hydrogen (secondary N) is 1. The molecule has 0 spiro atoms. The fraction of sp³-hybridized carbons (Fsp3) is 0.400. The molecule has 1 fully saturated rings. The Labute approximate surface area is 175 Å². The van der Waals surface area contributed by atoms with E-state index >= 15 is 0 Å². The summed E-state index contributed by atoms with van der Waals surface area (Å²) in [4.78, 5) is 13.6. The van der Waals surface area contributed by atoms with Crippen LogP contribution in [0.25, 0.3) is 0 Å². The molecule has 1 atom stereocenters. The zero-order valence-corrected chi connectivity index (χ0v) is 18.2. The van der Waals surface area contributed by atoms with Gasteiger partial charge < -0.3 is 9.84 Å². The number of hydrogen-bond acceptors (Lipinski definition) is 8. The molecule has 3 aromatic heterocycles. The molecule has 0 bridgehead atoms. The summed E-state index contributed by atoms with van der Waals surface area (Å²) in [6.07, 6.45) is 1.45. The molecular weight excluding hydrogens is 404 g/mol. The van der Waals surface area contributed by atoms with E-state index in [0.29, 0.717) is 41.9 Å². The monoisotopic (exact) mass is 428 g/mol. The van der Waals surface area contributed by atoms with Crippen LogP contribution in [0.15, 0.2) is 33.7 Å². The SMILES string of the molecule is Cc1cc(C)nc(Nc2cccc([C@@H]3CCCN3S(=O)(=O)c3c(C)noc3C)n2)n1. The van der Waals surface area contributed by atoms with E-state index in [1.165, 1.54) is 4.31 Å². The van der Waals surface area contributed by atoms with Crippen molar-refractivity contribution in [2.24, 2.45) is 0 Å². The van der Waals surface area contributed by atoms with Gasteiger partial charge in [0.1, 0.15) is 16.4 Å². The van der Waals surface area contributed by atoms with Crippen LogP contribution in [0.4, 0.5) is 11.8 Å². The van der Waals surface area contributed by atoms with Gasteiger partial charge in [-0.05, 0) is 58.7 Å². The standard InChI is InChI=1S/C20H24N6O3S/c1-12-11-13(2)22-20(21-12)24-18-9-5-7-16(23-18)17-8-6-10-26(17)30(27,28)19-14(3)25-29-15(19)4/h5,7,9,11,17H,6,8,10H2,1-4H3,(H,21,22,23,24)/t17-/m0/s1. The second-order valence-electron chi connectivity index (χ2n) is 7.47. The van der Waals surface area contributed by atoms with Crippen LogP contribution in [0.5, 0.6) is 0 Å². The maximum absolute atomic E-state index is 13.3. The highest BCUT2D eigenvalue weighted by Crippen LogP contribution is 2.37. The van der Waals surface area contributed by atoms with Gasteiger partial charge in [0.2, 0.25) is 16.0 Å². The largest absolute Gasteiger partial charge is 0.360 e. The average Bonchev–Trinajstić information content (AvgIpc) is 3.28. The van der Waals surface area contributed by atoms with Gasteiger partial charge in [-0.2, -0.15) is 4.31 Å². The van der Waals surface area contributed by atoms with E-state index in [-0.39, 0.29) is 10.9 Å². The van der Waals surface area contributed by atoms with Gasteiger partial charge in [-0.1, -0.05) is 11.2 Å². The highest BCUT2D eigenvalue weighted by Gasteiger charge is 2.39. The third kappa shape index (κ3) is 3.80. The Morgan fingerprint density at radius 1 is 1.10 bits per heavy atom. The molecule has 0 radical (unpaired) electrons. The second kappa shape index (κ2) is 7.77. The average molecular weight is 429 g/mol. The van der Waals surface area contributed by atoms with Crippen LogP contribution in [0.3, 0.4) is 0 Å². The molecule has 10 heteroatoms. The van der Waals surface area contributed by atoms with Gasteiger partial charge in [-0.25, -0.2) is 23.4 Å². The lowest BCUT2D eigenvalue weighted by molar-refractivity contribution is 0.381. The molecule has 9 nitrogen and oxygen atoms in total. The Bertz CT molecular complexity index is 1150. The summed E-state index contributed by atoms with van der Waals surface area (Å²) in [7, 11) is -3.75. The van der Waals surface area contributed by atoms with E-state index in [4.69, 9.17) is 4.52 Å². The maximum Gasteiger partial charge on any atom is 0.249 e. The predicted molar refractivity (Wildman–Crippen MR) is 111 cm³/mol. The second-order valence-corrected chi connectivity index (χ2v) is 9.30. The van der Waals surface area contributed by atoms with Crippen LogP contribution in [-0.2, 0) is 10.0 Å². The molecule has 4 rings (SSSR count). The predicted octanol–water partition coefficient (Wildman–Crippen LogP) is 3.36. The Morgan fingerprint density at radius 3 is 2.50 bits per heavy atom. The van der Waals surface area contributed by atoms with Crippen molar-refractivity contribution >= 4 is 21.8 Å². The lowest BCUT2D eigenvalue weighted by atomic mass is 10.1. The quantitative estimate of drug-likeness (QED) is 0.658. The topological polar surface area (TPSA) is 114 Å². The van der Waals surface area contributed by atoms with E-state index in [1.54, 1.807) is 13.8 Å². The molecule has 158 valence electrons. The highest BCUT2D eigenvalue weighted by atomic mass is 32.2. The molecule has 3 aromatic rings. The first-order valence-electron chi connectivity index (χ1n) is 9.76. The van der Waals surface area contributed by atoms with Gasteiger partial charge in [-0.3, -0.25) is 0 Å². The first-order chi connectivity index (χ1) is 14.3. The molecular formula is C20H24N6O3S. The first-order valence-corrected chi connectivity index (χ1v) is 11.2. The van der Waals surface area contributed by atoms with Gasteiger partial charge in [0, 0.05) is 17.9 Å². The maximum atomic E-state index is 13.3. The zero-order chi connectivity index (χ0) is 21.5. The summed E-state index contributed by atoms with van der Waals surface area (Å²) in [6.45, 7) is 7.49. The van der Waals surface area contributed by atoms with Crippen molar-refractivity contribution in [2.45, 2.75) is 51.5 Å². The van der Waals surface area contributed by atoms with Crippen LogP contribution < -0.4 is 5.32 Å². The molecule has 1 saturated heterocycles. The number of aromatic nitrogens is 4. The Morgan fingerprint density at radius 2 is 1.83 bits per heavy atom. The molecule has 0 unspecified atom stereocenters. The van der Waals surface area contributed by atoms with Gasteiger partial charge >= 0.3 is 0 Å². The van der Waals surface area contributed by atoms with Gasteiger partial charge in [0.25, 0.3) is 0 Å². The van der Waals surface area contributed by atoms with Crippen molar-refractivity contribution < 1.29 is 12.9 Å². The molecule has 1 aliphatic rings. The summed E-state index contributed by atoms with van der Waals surface area (Å²) in [5.41, 5.74) is 2.76. The van der Waals surface area contributed by atoms with Gasteiger partial charge in [0.15, 0.2) is 5.76 Å². The Balaban J connectivity index is 1.64. The van der Waals surface area contributed by atoms with E-state index in [9.17, 15) is 8.42 Å². The summed E-state index contributed by atoms with van der Waals surface area (Å²) in [5, 5.41) is 6.93. The smallest absolute Gasteiger partial charge is 0.249 e. The Hall–Kier alpha value is -2.85. The third-order valence-electron chi connectivity index (χ3n) is 5.07. The number of pyridine rings is 1. The highest BCUT2D eigenvalue weighted by molar-refractivity contribution is 7.89. The van der Waals surface area contributed by atoms with E-state index in [1.807, 2.05) is 38.1 Å². The molecule has 1 aliphatic heterocycles. The minimum absolute atomic E-state index is 0.146. The minimum atomic E-state index is -3.75. The van der Waals surface area contributed by atoms with E-state index in [0.717, 1.165) is 17.8 Å². The first kappa shape index (κ1) is 20.4. The Kier molecular flexibility index (Phi) is 5.29. The van der Waals surface area contributed by atoms with E-state index < -0.39 is 10.0 Å². The lowest BCUT2D eigenvalue weighted by Gasteiger charge is -2.23. The molecule has 30 heavy (non-hydrogen) atoms. The molecule has 0 aromatic carbocycles. The fourth-order valence-electron chi connectivity index (χ4n) is 3.89. The molecule has 1 N–H and O–H groups in total. The number of sulfonamides is 1. The fourth-order valence-corrected chi connectivity index (χ4v) is 5.85. The van der Waals surface area contributed by atoms with Crippen molar-refractivity contribution in [1.82, 2.24) is 24.4 Å².